The quantitative estimate of drug-likeness (QED) is 0.705. The van der Waals surface area contributed by atoms with Crippen LogP contribution in [0.25, 0.3) is 0 Å². The van der Waals surface area contributed by atoms with Crippen LogP contribution in [0.5, 0.6) is 0 Å². The highest BCUT2D eigenvalue weighted by molar-refractivity contribution is 5.11. The lowest BCUT2D eigenvalue weighted by Crippen LogP contribution is -2.41. The van der Waals surface area contributed by atoms with Crippen LogP contribution in [0.15, 0.2) is 0 Å². The van der Waals surface area contributed by atoms with E-state index in [2.05, 4.69) is 39.5 Å². The van der Waals surface area contributed by atoms with Gasteiger partial charge in [-0.1, -0.05) is 34.6 Å². The van der Waals surface area contributed by atoms with Crippen LogP contribution in [-0.2, 0) is 4.74 Å². The van der Waals surface area contributed by atoms with Gasteiger partial charge in [-0.15, -0.1) is 0 Å². The number of hydrogen-bond donors (Lipinski definition) is 1. The summed E-state index contributed by atoms with van der Waals surface area (Å²) in [5, 5.41) is 10.4. The first-order valence-corrected chi connectivity index (χ1v) is 9.37. The van der Waals surface area contributed by atoms with Crippen LogP contribution in [0.1, 0.15) is 66.7 Å². The molecule has 22 heavy (non-hydrogen) atoms. The molecule has 2 fully saturated rings. The van der Waals surface area contributed by atoms with E-state index in [1.54, 1.807) is 0 Å². The molecule has 1 N–H and O–H groups in total. The normalized spacial score (nSPS) is 34.5. The van der Waals surface area contributed by atoms with E-state index in [0.717, 1.165) is 38.4 Å². The van der Waals surface area contributed by atoms with Gasteiger partial charge in [0, 0.05) is 6.54 Å². The van der Waals surface area contributed by atoms with Crippen LogP contribution in [-0.4, -0.2) is 48.5 Å². The van der Waals surface area contributed by atoms with E-state index < -0.39 is 0 Å². The van der Waals surface area contributed by atoms with Crippen LogP contribution in [0.3, 0.4) is 0 Å². The number of aliphatic hydroxyl groups excluding tert-OH is 1. The van der Waals surface area contributed by atoms with Gasteiger partial charge in [0.2, 0.25) is 0 Å². The molecule has 0 heterocycles. The van der Waals surface area contributed by atoms with E-state index in [1.807, 2.05) is 0 Å². The number of rotatable bonds is 9. The average molecular weight is 312 g/mol. The van der Waals surface area contributed by atoms with Crippen LogP contribution in [0, 0.1) is 16.7 Å². The van der Waals surface area contributed by atoms with Gasteiger partial charge in [0.05, 0.1) is 18.8 Å². The number of hydrogen-bond acceptors (Lipinski definition) is 3. The van der Waals surface area contributed by atoms with Crippen LogP contribution in [0.2, 0.25) is 0 Å². The lowest BCUT2D eigenvalue weighted by Gasteiger charge is -2.39. The van der Waals surface area contributed by atoms with Crippen LogP contribution >= 0.6 is 0 Å². The molecule has 3 nitrogen and oxygen atoms in total. The summed E-state index contributed by atoms with van der Waals surface area (Å²) < 4.78 is 6.22. The van der Waals surface area contributed by atoms with E-state index in [-0.39, 0.29) is 6.10 Å². The monoisotopic (exact) mass is 311 g/mol. The zero-order valence-corrected chi connectivity index (χ0v) is 15.4. The fourth-order valence-corrected chi connectivity index (χ4v) is 4.89. The minimum Gasteiger partial charge on any atom is -0.389 e. The Morgan fingerprint density at radius 1 is 1.18 bits per heavy atom. The van der Waals surface area contributed by atoms with E-state index in [1.165, 1.54) is 19.3 Å². The standard InChI is InChI=1S/C19H37NO2/c1-6-10-20(11-7-2)13-16(21)14-22-17-12-15-8-9-19(17,5)18(15,3)4/h15-17,21H,6-14H2,1-5H3/t15-,16+,17-,19-/m0/s1. The second kappa shape index (κ2) is 7.19. The van der Waals surface area contributed by atoms with Crippen molar-refractivity contribution in [2.45, 2.75) is 78.9 Å². The smallest absolute Gasteiger partial charge is 0.0900 e. The van der Waals surface area contributed by atoms with Gasteiger partial charge in [0.15, 0.2) is 0 Å². The molecule has 2 rings (SSSR count). The van der Waals surface area contributed by atoms with Crippen molar-refractivity contribution in [3.63, 3.8) is 0 Å². The summed E-state index contributed by atoms with van der Waals surface area (Å²) in [6.45, 7) is 15.0. The first-order chi connectivity index (χ1) is 10.3. The molecule has 0 aromatic carbocycles. The summed E-state index contributed by atoms with van der Waals surface area (Å²) in [6.07, 6.45) is 6.08. The lowest BCUT2D eigenvalue weighted by atomic mass is 9.70. The predicted molar refractivity (Wildman–Crippen MR) is 92.0 cm³/mol. The van der Waals surface area contributed by atoms with Crippen molar-refractivity contribution in [1.82, 2.24) is 4.90 Å². The molecule has 2 aliphatic carbocycles. The Bertz CT molecular complexity index is 351. The van der Waals surface area contributed by atoms with Crippen molar-refractivity contribution in [3.05, 3.63) is 0 Å². The summed E-state index contributed by atoms with van der Waals surface area (Å²) in [4.78, 5) is 2.36. The maximum absolute atomic E-state index is 10.4. The fraction of sp³-hybridized carbons (Fsp3) is 1.00. The highest BCUT2D eigenvalue weighted by atomic mass is 16.5. The number of fused-ring (bicyclic) bond motifs is 2. The van der Waals surface area contributed by atoms with Crippen LogP contribution < -0.4 is 0 Å². The third-order valence-corrected chi connectivity index (χ3v) is 6.75. The topological polar surface area (TPSA) is 32.7 Å². The Morgan fingerprint density at radius 3 is 2.27 bits per heavy atom. The SMILES string of the molecule is CCCN(CCC)C[C@@H](O)CO[C@H]1C[C@@H]2CC[C@]1(C)C2(C)C. The van der Waals surface area contributed by atoms with E-state index in [0.29, 0.717) is 23.5 Å². The highest BCUT2D eigenvalue weighted by Crippen LogP contribution is 2.66. The van der Waals surface area contributed by atoms with E-state index >= 15 is 0 Å². The van der Waals surface area contributed by atoms with Crippen molar-refractivity contribution >= 4 is 0 Å². The maximum atomic E-state index is 10.4. The number of ether oxygens (including phenoxy) is 1. The second-order valence-corrected chi connectivity index (χ2v) is 8.39. The Morgan fingerprint density at radius 2 is 1.82 bits per heavy atom. The van der Waals surface area contributed by atoms with Gasteiger partial charge in [-0.25, -0.2) is 0 Å². The van der Waals surface area contributed by atoms with Gasteiger partial charge in [0.25, 0.3) is 0 Å². The first kappa shape index (κ1) is 18.2. The molecular weight excluding hydrogens is 274 g/mol. The van der Waals surface area contributed by atoms with E-state index in [9.17, 15) is 5.11 Å². The van der Waals surface area contributed by atoms with Gasteiger partial charge in [-0.05, 0) is 61.9 Å². The number of nitrogens with zero attached hydrogens (tertiary/aromatic N) is 1. The predicted octanol–water partition coefficient (Wildman–Crippen LogP) is 3.70. The third kappa shape index (κ3) is 3.37. The molecule has 0 aromatic rings. The summed E-state index contributed by atoms with van der Waals surface area (Å²) >= 11 is 0. The minimum absolute atomic E-state index is 0.296. The zero-order valence-electron chi connectivity index (χ0n) is 15.4. The Balaban J connectivity index is 1.81. The molecule has 4 atom stereocenters. The van der Waals surface area contributed by atoms with Crippen molar-refractivity contribution in [3.8, 4) is 0 Å². The second-order valence-electron chi connectivity index (χ2n) is 8.39. The number of aliphatic hydroxyl groups is 1. The van der Waals surface area contributed by atoms with Crippen molar-refractivity contribution in [2.75, 3.05) is 26.2 Å². The van der Waals surface area contributed by atoms with Crippen LogP contribution in [0.4, 0.5) is 0 Å². The molecule has 2 saturated carbocycles. The molecule has 2 bridgehead atoms. The molecule has 0 amide bonds. The van der Waals surface area contributed by atoms with Crippen molar-refractivity contribution in [2.24, 2.45) is 16.7 Å². The summed E-state index contributed by atoms with van der Waals surface area (Å²) in [5.41, 5.74) is 0.684. The van der Waals surface area contributed by atoms with Gasteiger partial charge >= 0.3 is 0 Å². The average Bonchev–Trinajstić information content (AvgIpc) is 2.78. The first-order valence-electron chi connectivity index (χ1n) is 9.37. The molecule has 130 valence electrons. The summed E-state index contributed by atoms with van der Waals surface area (Å²) in [6, 6.07) is 0. The molecule has 0 spiro atoms. The minimum atomic E-state index is -0.357. The molecule has 0 unspecified atom stereocenters. The maximum Gasteiger partial charge on any atom is 0.0900 e. The van der Waals surface area contributed by atoms with Crippen molar-refractivity contribution < 1.29 is 9.84 Å². The van der Waals surface area contributed by atoms with Gasteiger partial charge < -0.3 is 14.7 Å². The molecule has 0 radical (unpaired) electrons. The Kier molecular flexibility index (Phi) is 5.95. The third-order valence-electron chi connectivity index (χ3n) is 6.75. The van der Waals surface area contributed by atoms with E-state index in [4.69, 9.17) is 4.74 Å². The van der Waals surface area contributed by atoms with Gasteiger partial charge in [-0.3, -0.25) is 0 Å². The molecule has 0 aliphatic heterocycles. The zero-order chi connectivity index (χ0) is 16.4. The summed E-state index contributed by atoms with van der Waals surface area (Å²) in [5.74, 6) is 0.802. The largest absolute Gasteiger partial charge is 0.389 e. The molecule has 0 saturated heterocycles. The summed E-state index contributed by atoms with van der Waals surface area (Å²) in [7, 11) is 0. The Hall–Kier alpha value is -0.120. The fourth-order valence-electron chi connectivity index (χ4n) is 4.89. The Labute approximate surface area is 137 Å². The van der Waals surface area contributed by atoms with Gasteiger partial charge in [0.1, 0.15) is 0 Å². The molecule has 0 aromatic heterocycles. The lowest BCUT2D eigenvalue weighted by molar-refractivity contribution is -0.0793. The molecule has 3 heteroatoms. The van der Waals surface area contributed by atoms with Gasteiger partial charge in [-0.2, -0.15) is 0 Å². The molecule has 2 aliphatic rings. The van der Waals surface area contributed by atoms with Crippen molar-refractivity contribution in [1.29, 1.82) is 0 Å². The molecular formula is C19H37NO2. The highest BCUT2D eigenvalue weighted by Gasteiger charge is 2.61.